The van der Waals surface area contributed by atoms with Crippen molar-refractivity contribution in [1.29, 1.82) is 0 Å². The molecule has 0 aliphatic carbocycles. The zero-order chi connectivity index (χ0) is 15.1. The van der Waals surface area contributed by atoms with Gasteiger partial charge in [0, 0.05) is 5.69 Å². The van der Waals surface area contributed by atoms with Crippen LogP contribution in [0.4, 0.5) is 10.1 Å². The Kier molecular flexibility index (Phi) is 5.15. The molecule has 2 aromatic rings. The number of hydrogen-bond acceptors (Lipinski definition) is 3. The number of ether oxygens (including phenoxy) is 2. The molecule has 0 heterocycles. The fourth-order valence-electron chi connectivity index (χ4n) is 1.69. The van der Waals surface area contributed by atoms with E-state index in [1.807, 2.05) is 0 Å². The summed E-state index contributed by atoms with van der Waals surface area (Å²) in [4.78, 5) is 11.7. The molecule has 0 aromatic heterocycles. The first kappa shape index (κ1) is 14.8. The third-order valence-corrected chi connectivity index (χ3v) is 2.79. The molecule has 0 spiro atoms. The van der Waals surface area contributed by atoms with Gasteiger partial charge in [0.2, 0.25) is 5.91 Å². The maximum atomic E-state index is 12.7. The van der Waals surface area contributed by atoms with Crippen molar-refractivity contribution in [2.45, 2.75) is 6.42 Å². The molecule has 0 atom stereocenters. The minimum Gasteiger partial charge on any atom is -0.497 e. The largest absolute Gasteiger partial charge is 0.497 e. The lowest BCUT2D eigenvalue weighted by Crippen LogP contribution is -2.15. The highest BCUT2D eigenvalue weighted by Gasteiger charge is 2.03. The molecule has 0 unspecified atom stereocenters. The van der Waals surface area contributed by atoms with Gasteiger partial charge >= 0.3 is 0 Å². The van der Waals surface area contributed by atoms with E-state index in [0.717, 1.165) is 5.75 Å². The van der Waals surface area contributed by atoms with Gasteiger partial charge < -0.3 is 14.8 Å². The van der Waals surface area contributed by atoms with Crippen LogP contribution in [0.2, 0.25) is 0 Å². The van der Waals surface area contributed by atoms with E-state index in [1.165, 1.54) is 24.3 Å². The van der Waals surface area contributed by atoms with E-state index in [-0.39, 0.29) is 24.8 Å². The normalized spacial score (nSPS) is 10.0. The van der Waals surface area contributed by atoms with Crippen LogP contribution in [-0.4, -0.2) is 19.6 Å². The predicted octanol–water partition coefficient (Wildman–Crippen LogP) is 3.24. The Labute approximate surface area is 122 Å². The van der Waals surface area contributed by atoms with Crippen molar-refractivity contribution in [1.82, 2.24) is 0 Å². The number of benzene rings is 2. The second kappa shape index (κ2) is 7.28. The van der Waals surface area contributed by atoms with Gasteiger partial charge in [0.15, 0.2) is 0 Å². The molecule has 0 radical (unpaired) electrons. The number of hydrogen-bond donors (Lipinski definition) is 1. The van der Waals surface area contributed by atoms with Crippen molar-refractivity contribution < 1.29 is 18.7 Å². The molecule has 2 rings (SSSR count). The van der Waals surface area contributed by atoms with Crippen LogP contribution in [0.3, 0.4) is 0 Å². The highest BCUT2D eigenvalue weighted by molar-refractivity contribution is 5.90. The van der Waals surface area contributed by atoms with Gasteiger partial charge in [-0.05, 0) is 48.5 Å². The van der Waals surface area contributed by atoms with Crippen molar-refractivity contribution in [2.75, 3.05) is 19.0 Å². The fourth-order valence-corrected chi connectivity index (χ4v) is 1.69. The van der Waals surface area contributed by atoms with Crippen molar-refractivity contribution in [2.24, 2.45) is 0 Å². The summed E-state index contributed by atoms with van der Waals surface area (Å²) in [5.41, 5.74) is 0.561. The molecule has 0 bridgehead atoms. The maximum absolute atomic E-state index is 12.7. The van der Waals surface area contributed by atoms with Crippen molar-refractivity contribution in [3.8, 4) is 11.5 Å². The number of carbonyl (C=O) groups is 1. The first-order valence-corrected chi connectivity index (χ1v) is 6.49. The molecule has 5 heteroatoms. The van der Waals surface area contributed by atoms with Crippen molar-refractivity contribution in [3.63, 3.8) is 0 Å². The van der Waals surface area contributed by atoms with E-state index in [9.17, 15) is 9.18 Å². The Balaban J connectivity index is 1.74. The van der Waals surface area contributed by atoms with Crippen LogP contribution in [0.5, 0.6) is 11.5 Å². The number of halogens is 1. The summed E-state index contributed by atoms with van der Waals surface area (Å²) < 4.78 is 23.2. The zero-order valence-electron chi connectivity index (χ0n) is 11.6. The first-order valence-electron chi connectivity index (χ1n) is 6.49. The van der Waals surface area contributed by atoms with E-state index >= 15 is 0 Å². The second-order valence-corrected chi connectivity index (χ2v) is 4.33. The van der Waals surface area contributed by atoms with Crippen molar-refractivity contribution in [3.05, 3.63) is 54.3 Å². The smallest absolute Gasteiger partial charge is 0.227 e. The van der Waals surface area contributed by atoms with Gasteiger partial charge in [0.05, 0.1) is 20.1 Å². The minimum atomic E-state index is -0.337. The zero-order valence-corrected chi connectivity index (χ0v) is 11.6. The van der Waals surface area contributed by atoms with Crippen LogP contribution >= 0.6 is 0 Å². The highest BCUT2D eigenvalue weighted by atomic mass is 19.1. The molecule has 110 valence electrons. The Morgan fingerprint density at radius 1 is 1.05 bits per heavy atom. The van der Waals surface area contributed by atoms with E-state index in [4.69, 9.17) is 9.47 Å². The van der Waals surface area contributed by atoms with Crippen LogP contribution in [0.1, 0.15) is 6.42 Å². The lowest BCUT2D eigenvalue weighted by Gasteiger charge is -2.08. The first-order chi connectivity index (χ1) is 10.2. The quantitative estimate of drug-likeness (QED) is 0.888. The van der Waals surface area contributed by atoms with Gasteiger partial charge in [-0.15, -0.1) is 0 Å². The van der Waals surface area contributed by atoms with Gasteiger partial charge in [-0.2, -0.15) is 0 Å². The Hall–Kier alpha value is -2.56. The molecule has 2 aromatic carbocycles. The third kappa shape index (κ3) is 4.80. The molecule has 0 aliphatic heterocycles. The topological polar surface area (TPSA) is 47.6 Å². The SMILES string of the molecule is COc1ccc(OCCC(=O)Nc2ccc(F)cc2)cc1. The summed E-state index contributed by atoms with van der Waals surface area (Å²) in [6.45, 7) is 0.263. The van der Waals surface area contributed by atoms with Gasteiger partial charge in [-0.1, -0.05) is 0 Å². The molecule has 0 saturated heterocycles. The van der Waals surface area contributed by atoms with Crippen LogP contribution in [0.15, 0.2) is 48.5 Å². The Morgan fingerprint density at radius 3 is 2.29 bits per heavy atom. The molecule has 21 heavy (non-hydrogen) atoms. The fraction of sp³-hybridized carbons (Fsp3) is 0.188. The number of anilines is 1. The average molecular weight is 289 g/mol. The molecule has 0 fully saturated rings. The number of carbonyl (C=O) groups excluding carboxylic acids is 1. The van der Waals surface area contributed by atoms with Gasteiger partial charge in [-0.25, -0.2) is 4.39 Å². The summed E-state index contributed by atoms with van der Waals surface area (Å²) in [6, 6.07) is 12.7. The number of amides is 1. The summed E-state index contributed by atoms with van der Waals surface area (Å²) in [5.74, 6) is 0.896. The Bertz CT molecular complexity index is 581. The summed E-state index contributed by atoms with van der Waals surface area (Å²) in [5, 5.41) is 2.67. The van der Waals surface area contributed by atoms with Gasteiger partial charge in [-0.3, -0.25) is 4.79 Å². The molecule has 0 aliphatic rings. The molecular formula is C16H16FNO3. The van der Waals surface area contributed by atoms with Gasteiger partial charge in [0.25, 0.3) is 0 Å². The number of nitrogens with one attached hydrogen (secondary N) is 1. The van der Waals surface area contributed by atoms with Crippen LogP contribution < -0.4 is 14.8 Å². The lowest BCUT2D eigenvalue weighted by molar-refractivity contribution is -0.116. The summed E-state index contributed by atoms with van der Waals surface area (Å²) in [7, 11) is 1.59. The standard InChI is InChI=1S/C16H16FNO3/c1-20-14-6-8-15(9-7-14)21-11-10-16(19)18-13-4-2-12(17)3-5-13/h2-9H,10-11H2,1H3,(H,18,19). The van der Waals surface area contributed by atoms with Crippen LogP contribution in [-0.2, 0) is 4.79 Å². The molecular weight excluding hydrogens is 273 g/mol. The van der Waals surface area contributed by atoms with Crippen LogP contribution in [0.25, 0.3) is 0 Å². The monoisotopic (exact) mass is 289 g/mol. The maximum Gasteiger partial charge on any atom is 0.227 e. The second-order valence-electron chi connectivity index (χ2n) is 4.33. The average Bonchev–Trinajstić information content (AvgIpc) is 2.50. The molecule has 4 nitrogen and oxygen atoms in total. The Morgan fingerprint density at radius 2 is 1.67 bits per heavy atom. The molecule has 1 N–H and O–H groups in total. The lowest BCUT2D eigenvalue weighted by atomic mass is 10.3. The van der Waals surface area contributed by atoms with Gasteiger partial charge in [0.1, 0.15) is 17.3 Å². The summed E-state index contributed by atoms with van der Waals surface area (Å²) >= 11 is 0. The number of rotatable bonds is 6. The van der Waals surface area contributed by atoms with E-state index < -0.39 is 0 Å². The minimum absolute atomic E-state index is 0.185. The number of methoxy groups -OCH3 is 1. The van der Waals surface area contributed by atoms with E-state index in [2.05, 4.69) is 5.32 Å². The van der Waals surface area contributed by atoms with Crippen molar-refractivity contribution >= 4 is 11.6 Å². The highest BCUT2D eigenvalue weighted by Crippen LogP contribution is 2.17. The van der Waals surface area contributed by atoms with Crippen LogP contribution in [0, 0.1) is 5.82 Å². The summed E-state index contributed by atoms with van der Waals surface area (Å²) in [6.07, 6.45) is 0.212. The van der Waals surface area contributed by atoms with E-state index in [1.54, 1.807) is 31.4 Å². The molecule has 0 saturated carbocycles. The third-order valence-electron chi connectivity index (χ3n) is 2.79. The van der Waals surface area contributed by atoms with E-state index in [0.29, 0.717) is 11.4 Å². The predicted molar refractivity (Wildman–Crippen MR) is 78.1 cm³/mol. The molecule has 1 amide bonds.